The van der Waals surface area contributed by atoms with Crippen LogP contribution in [0.15, 0.2) is 195 Å². The third-order valence-corrected chi connectivity index (χ3v) is 16.7. The molecule has 7 heteroatoms. The Bertz CT molecular complexity index is 4090. The van der Waals surface area contributed by atoms with E-state index in [9.17, 15) is 0 Å². The normalized spacial score (nSPS) is 15.0. The molecule has 10 aromatic carbocycles. The highest BCUT2D eigenvalue weighted by atomic mass is 19.1. The predicted octanol–water partition coefficient (Wildman–Crippen LogP) is 21.0. The molecule has 0 aliphatic heterocycles. The summed E-state index contributed by atoms with van der Waals surface area (Å²) < 4.78 is 51.6. The standard InChI is InChI=1S/C68H52F2N2O3/c69-43-31-35-45(36-32-43)71(59-29-13-27-55-53-25-11-23-47(63(53)74-67(55)59)41-15-3-1-4-16-41)61-39-57-58-40-62(50-20-8-10-22-52(50)66(58)73-65(57)51-21-9-7-19-49(51)61)72(46-37-33-44(70)34-38-46)60-30-14-28-56-54-26-12-24-48(64(54)75-68(56)60)42-17-5-2-6-18-42/h7-14,19-42H,1-6,15-18H2. The summed E-state index contributed by atoms with van der Waals surface area (Å²) in [4.78, 5) is 4.45. The minimum absolute atomic E-state index is 0.313. The smallest absolute Gasteiger partial charge is 0.159 e. The van der Waals surface area contributed by atoms with Gasteiger partial charge in [0.1, 0.15) is 34.0 Å². The fourth-order valence-corrected chi connectivity index (χ4v) is 13.2. The van der Waals surface area contributed by atoms with Crippen molar-refractivity contribution in [2.45, 2.75) is 76.0 Å². The van der Waals surface area contributed by atoms with Crippen LogP contribution in [-0.2, 0) is 0 Å². The van der Waals surface area contributed by atoms with Crippen LogP contribution in [0, 0.1) is 11.6 Å². The SMILES string of the molecule is Fc1ccc(N(c2cc3c4cc(N(c5ccc(F)cc5)c5cccc6c5oc5c(C7CCCCC7)cccc56)c5ccccc5c4oc3c3ccccc23)c2cccc3c2oc2c(C4CCCCC4)cccc23)cc1. The van der Waals surface area contributed by atoms with Crippen molar-refractivity contribution >= 4 is 121 Å². The Hall–Kier alpha value is -8.42. The minimum Gasteiger partial charge on any atom is -0.455 e. The molecule has 0 unspecified atom stereocenters. The lowest BCUT2D eigenvalue weighted by Gasteiger charge is -2.27. The third kappa shape index (κ3) is 7.07. The number of rotatable bonds is 8. The van der Waals surface area contributed by atoms with Gasteiger partial charge in [0.15, 0.2) is 11.2 Å². The van der Waals surface area contributed by atoms with Crippen LogP contribution < -0.4 is 9.80 Å². The third-order valence-electron chi connectivity index (χ3n) is 16.7. The average molecular weight is 983 g/mol. The Kier molecular flexibility index (Phi) is 10.4. The molecule has 2 aliphatic carbocycles. The Labute approximate surface area is 432 Å². The second-order valence-electron chi connectivity index (χ2n) is 21.0. The van der Waals surface area contributed by atoms with Crippen LogP contribution in [0.1, 0.15) is 87.2 Å². The molecule has 2 fully saturated rings. The largest absolute Gasteiger partial charge is 0.455 e. The number of fused-ring (bicyclic) bond motifs is 13. The van der Waals surface area contributed by atoms with Crippen LogP contribution in [0.4, 0.5) is 42.9 Å². The Balaban J connectivity index is 0.994. The molecule has 0 atom stereocenters. The van der Waals surface area contributed by atoms with Gasteiger partial charge in [-0.2, -0.15) is 0 Å². The average Bonchev–Trinajstić information content (AvgIpc) is 4.18. The van der Waals surface area contributed by atoms with Crippen molar-refractivity contribution in [3.63, 3.8) is 0 Å². The van der Waals surface area contributed by atoms with E-state index < -0.39 is 0 Å². The molecule has 3 heterocycles. The monoisotopic (exact) mass is 982 g/mol. The number of halogens is 2. The molecule has 366 valence electrons. The highest BCUT2D eigenvalue weighted by molar-refractivity contribution is 6.26. The summed E-state index contributed by atoms with van der Waals surface area (Å²) >= 11 is 0. The molecule has 3 aromatic heterocycles. The number of para-hydroxylation sites is 4. The summed E-state index contributed by atoms with van der Waals surface area (Å²) in [5, 5.41) is 9.89. The maximum atomic E-state index is 15.0. The zero-order chi connectivity index (χ0) is 49.7. The van der Waals surface area contributed by atoms with Crippen molar-refractivity contribution in [2.24, 2.45) is 0 Å². The highest BCUT2D eigenvalue weighted by Crippen LogP contribution is 2.52. The van der Waals surface area contributed by atoms with E-state index in [1.165, 1.54) is 73.9 Å². The van der Waals surface area contributed by atoms with Gasteiger partial charge in [-0.25, -0.2) is 8.78 Å². The van der Waals surface area contributed by atoms with Crippen LogP contribution in [-0.4, -0.2) is 0 Å². The first-order valence-electron chi connectivity index (χ1n) is 26.8. The van der Waals surface area contributed by atoms with Crippen molar-refractivity contribution in [1.29, 1.82) is 0 Å². The van der Waals surface area contributed by atoms with Gasteiger partial charge in [-0.05, 0) is 121 Å². The molecule has 0 radical (unpaired) electrons. The summed E-state index contributed by atoms with van der Waals surface area (Å²) in [6, 6.07) is 60.7. The lowest BCUT2D eigenvalue weighted by Crippen LogP contribution is -2.11. The molecule has 2 saturated carbocycles. The van der Waals surface area contributed by atoms with E-state index in [-0.39, 0.29) is 11.6 Å². The maximum Gasteiger partial charge on any atom is 0.159 e. The van der Waals surface area contributed by atoms with Crippen molar-refractivity contribution < 1.29 is 22.0 Å². The van der Waals surface area contributed by atoms with Gasteiger partial charge in [-0.15, -0.1) is 0 Å². The molecule has 0 amide bonds. The van der Waals surface area contributed by atoms with Crippen molar-refractivity contribution in [2.75, 3.05) is 9.80 Å². The second kappa shape index (κ2) is 17.6. The Morgan fingerprint density at radius 3 is 1.04 bits per heavy atom. The number of furan rings is 3. The molecule has 0 N–H and O–H groups in total. The Morgan fingerprint density at radius 2 is 0.627 bits per heavy atom. The zero-order valence-corrected chi connectivity index (χ0v) is 41.4. The topological polar surface area (TPSA) is 45.9 Å². The number of hydrogen-bond donors (Lipinski definition) is 0. The van der Waals surface area contributed by atoms with Crippen LogP contribution in [0.3, 0.4) is 0 Å². The summed E-state index contributed by atoms with van der Waals surface area (Å²) in [5.41, 5.74) is 12.5. The van der Waals surface area contributed by atoms with E-state index >= 15 is 8.78 Å². The van der Waals surface area contributed by atoms with E-state index in [1.807, 2.05) is 24.3 Å². The zero-order valence-electron chi connectivity index (χ0n) is 41.4. The van der Waals surface area contributed by atoms with Gasteiger partial charge in [0.05, 0.1) is 22.7 Å². The van der Waals surface area contributed by atoms with E-state index in [2.05, 4.69) is 143 Å². The molecule has 0 spiro atoms. The molecular formula is C68H52F2N2O3. The summed E-state index contributed by atoms with van der Waals surface area (Å²) in [6.45, 7) is 0. The molecule has 5 nitrogen and oxygen atoms in total. The second-order valence-corrected chi connectivity index (χ2v) is 21.0. The van der Waals surface area contributed by atoms with Crippen LogP contribution in [0.2, 0.25) is 0 Å². The first-order valence-corrected chi connectivity index (χ1v) is 26.8. The number of hydrogen-bond acceptors (Lipinski definition) is 5. The first-order chi connectivity index (χ1) is 37.0. The lowest BCUT2D eigenvalue weighted by atomic mass is 9.83. The highest BCUT2D eigenvalue weighted by Gasteiger charge is 2.29. The number of nitrogens with zero attached hydrogens (tertiary/aromatic N) is 2. The van der Waals surface area contributed by atoms with Gasteiger partial charge < -0.3 is 23.1 Å². The molecule has 75 heavy (non-hydrogen) atoms. The lowest BCUT2D eigenvalue weighted by molar-refractivity contribution is 0.442. The van der Waals surface area contributed by atoms with Crippen molar-refractivity contribution in [3.8, 4) is 0 Å². The number of benzene rings is 10. The van der Waals surface area contributed by atoms with Gasteiger partial charge >= 0.3 is 0 Å². The van der Waals surface area contributed by atoms with E-state index in [0.29, 0.717) is 11.8 Å². The molecule has 13 aromatic rings. The first kappa shape index (κ1) is 44.1. The summed E-state index contributed by atoms with van der Waals surface area (Å²) in [6.07, 6.45) is 12.1. The van der Waals surface area contributed by atoms with Gasteiger partial charge in [-0.1, -0.05) is 148 Å². The molecule has 2 aliphatic rings. The van der Waals surface area contributed by atoms with Crippen LogP contribution >= 0.6 is 0 Å². The predicted molar refractivity (Wildman–Crippen MR) is 304 cm³/mol. The fraction of sp³-hybridized carbons (Fsp3) is 0.176. The van der Waals surface area contributed by atoms with Gasteiger partial charge in [-0.3, -0.25) is 0 Å². The van der Waals surface area contributed by atoms with E-state index in [1.54, 1.807) is 0 Å². The minimum atomic E-state index is -0.313. The number of anilines is 6. The quantitative estimate of drug-likeness (QED) is 0.152. The summed E-state index contributed by atoms with van der Waals surface area (Å²) in [5.74, 6) is 0.274. The van der Waals surface area contributed by atoms with Gasteiger partial charge in [0.25, 0.3) is 0 Å². The molecule has 15 rings (SSSR count). The summed E-state index contributed by atoms with van der Waals surface area (Å²) in [7, 11) is 0. The molecule has 0 bridgehead atoms. The van der Waals surface area contributed by atoms with Gasteiger partial charge in [0, 0.05) is 65.2 Å². The van der Waals surface area contributed by atoms with Crippen LogP contribution in [0.5, 0.6) is 0 Å². The Morgan fingerprint density at radius 1 is 0.293 bits per heavy atom. The van der Waals surface area contributed by atoms with E-state index in [0.717, 1.165) is 147 Å². The molecular weight excluding hydrogens is 931 g/mol. The fourth-order valence-electron chi connectivity index (χ4n) is 13.2. The van der Waals surface area contributed by atoms with E-state index in [4.69, 9.17) is 13.3 Å². The van der Waals surface area contributed by atoms with Crippen molar-refractivity contribution in [1.82, 2.24) is 0 Å². The maximum absolute atomic E-state index is 15.0. The molecule has 0 saturated heterocycles. The van der Waals surface area contributed by atoms with Crippen molar-refractivity contribution in [3.05, 3.63) is 205 Å². The van der Waals surface area contributed by atoms with Crippen LogP contribution in [0.25, 0.3) is 87.4 Å². The van der Waals surface area contributed by atoms with Gasteiger partial charge in [0.2, 0.25) is 0 Å².